The van der Waals surface area contributed by atoms with Crippen LogP contribution in [0, 0.1) is 17.8 Å². The first-order chi connectivity index (χ1) is 9.24. The summed E-state index contributed by atoms with van der Waals surface area (Å²) in [4.78, 5) is 0. The van der Waals surface area contributed by atoms with E-state index in [0.29, 0.717) is 0 Å². The van der Waals surface area contributed by atoms with Crippen LogP contribution < -0.4 is 5.32 Å². The van der Waals surface area contributed by atoms with Crippen LogP contribution in [0.5, 0.6) is 0 Å². The zero-order valence-electron chi connectivity index (χ0n) is 12.5. The molecular formula is C16H29NO2. The van der Waals surface area contributed by atoms with E-state index < -0.39 is 0 Å². The van der Waals surface area contributed by atoms with Crippen LogP contribution in [-0.4, -0.2) is 38.0 Å². The minimum atomic E-state index is 0.0627. The van der Waals surface area contributed by atoms with Crippen molar-refractivity contribution in [1.82, 2.24) is 5.32 Å². The van der Waals surface area contributed by atoms with E-state index in [1.165, 1.54) is 25.7 Å². The highest BCUT2D eigenvalue weighted by molar-refractivity contribution is 5.00. The number of rotatable bonds is 5. The summed E-state index contributed by atoms with van der Waals surface area (Å²) >= 11 is 0. The quantitative estimate of drug-likeness (QED) is 0.830. The van der Waals surface area contributed by atoms with E-state index in [-0.39, 0.29) is 5.60 Å². The van der Waals surface area contributed by atoms with Crippen LogP contribution in [0.3, 0.4) is 0 Å². The maximum atomic E-state index is 6.09. The van der Waals surface area contributed by atoms with E-state index in [4.69, 9.17) is 9.47 Å². The summed E-state index contributed by atoms with van der Waals surface area (Å²) in [5, 5.41) is 3.84. The second-order valence-electron chi connectivity index (χ2n) is 6.94. The molecule has 0 aromatic rings. The number of hydrogen-bond donors (Lipinski definition) is 1. The van der Waals surface area contributed by atoms with Crippen molar-refractivity contribution < 1.29 is 9.47 Å². The molecule has 1 N–H and O–H groups in total. The van der Waals surface area contributed by atoms with Crippen molar-refractivity contribution in [2.24, 2.45) is 17.8 Å². The minimum Gasteiger partial charge on any atom is -0.378 e. The van der Waals surface area contributed by atoms with Crippen molar-refractivity contribution in [3.63, 3.8) is 0 Å². The van der Waals surface area contributed by atoms with Crippen LogP contribution in [0.15, 0.2) is 0 Å². The Hall–Kier alpha value is -0.120. The highest BCUT2D eigenvalue weighted by atomic mass is 16.6. The lowest BCUT2D eigenvalue weighted by atomic mass is 9.79. The Morgan fingerprint density at radius 2 is 2.21 bits per heavy atom. The van der Waals surface area contributed by atoms with E-state index in [1.807, 2.05) is 0 Å². The average molecular weight is 267 g/mol. The predicted octanol–water partition coefficient (Wildman–Crippen LogP) is 2.60. The van der Waals surface area contributed by atoms with Gasteiger partial charge >= 0.3 is 0 Å². The Bertz CT molecular complexity index is 301. The second-order valence-corrected chi connectivity index (χ2v) is 6.94. The Labute approximate surface area is 117 Å². The van der Waals surface area contributed by atoms with Gasteiger partial charge in [0.1, 0.15) is 0 Å². The molecule has 2 heterocycles. The lowest BCUT2D eigenvalue weighted by Crippen LogP contribution is -2.48. The summed E-state index contributed by atoms with van der Waals surface area (Å²) in [6.45, 7) is 8.47. The standard InChI is InChI=1S/C16H29NO2/c1-3-6-17-15(14-9-12(14)2)13-4-7-19-16(10-13)5-8-18-11-16/h12-15,17H,3-11H2,1-2H3. The predicted molar refractivity (Wildman–Crippen MR) is 76.2 cm³/mol. The molecule has 3 nitrogen and oxygen atoms in total. The third-order valence-corrected chi connectivity index (χ3v) is 5.37. The van der Waals surface area contributed by atoms with Crippen molar-refractivity contribution in [2.45, 2.75) is 57.6 Å². The summed E-state index contributed by atoms with van der Waals surface area (Å²) in [7, 11) is 0. The monoisotopic (exact) mass is 267 g/mol. The van der Waals surface area contributed by atoms with E-state index >= 15 is 0 Å². The molecule has 0 aromatic heterocycles. The molecule has 0 amide bonds. The van der Waals surface area contributed by atoms with Gasteiger partial charge in [-0.05, 0) is 50.0 Å². The van der Waals surface area contributed by atoms with Crippen molar-refractivity contribution >= 4 is 0 Å². The molecule has 3 heteroatoms. The average Bonchev–Trinajstić information content (AvgIpc) is 2.96. The third-order valence-electron chi connectivity index (χ3n) is 5.37. The summed E-state index contributed by atoms with van der Waals surface area (Å²) in [6.07, 6.45) is 6.19. The van der Waals surface area contributed by atoms with Crippen LogP contribution in [0.2, 0.25) is 0 Å². The van der Waals surface area contributed by atoms with Gasteiger partial charge in [-0.15, -0.1) is 0 Å². The highest BCUT2D eigenvalue weighted by Crippen LogP contribution is 2.47. The maximum Gasteiger partial charge on any atom is 0.0939 e. The van der Waals surface area contributed by atoms with Crippen LogP contribution in [0.1, 0.15) is 46.0 Å². The lowest BCUT2D eigenvalue weighted by molar-refractivity contribution is -0.104. The molecule has 1 spiro atoms. The molecule has 0 radical (unpaired) electrons. The Balaban J connectivity index is 1.64. The van der Waals surface area contributed by atoms with Crippen molar-refractivity contribution in [1.29, 1.82) is 0 Å². The molecule has 3 fully saturated rings. The van der Waals surface area contributed by atoms with Gasteiger partial charge in [-0.1, -0.05) is 13.8 Å². The van der Waals surface area contributed by atoms with Gasteiger partial charge in [0.05, 0.1) is 12.2 Å². The molecule has 19 heavy (non-hydrogen) atoms. The van der Waals surface area contributed by atoms with Gasteiger partial charge < -0.3 is 14.8 Å². The molecule has 0 bridgehead atoms. The molecule has 110 valence electrons. The van der Waals surface area contributed by atoms with Crippen molar-refractivity contribution in [2.75, 3.05) is 26.4 Å². The van der Waals surface area contributed by atoms with Gasteiger partial charge in [0, 0.05) is 25.7 Å². The molecule has 1 aliphatic carbocycles. The molecular weight excluding hydrogens is 238 g/mol. The maximum absolute atomic E-state index is 6.09. The van der Waals surface area contributed by atoms with Crippen LogP contribution in [0.4, 0.5) is 0 Å². The van der Waals surface area contributed by atoms with Crippen LogP contribution in [0.25, 0.3) is 0 Å². The number of hydrogen-bond acceptors (Lipinski definition) is 3. The Kier molecular flexibility index (Phi) is 4.16. The fourth-order valence-corrected chi connectivity index (χ4v) is 4.07. The topological polar surface area (TPSA) is 30.5 Å². The first-order valence-electron chi connectivity index (χ1n) is 8.19. The normalized spacial score (nSPS) is 43.6. The van der Waals surface area contributed by atoms with E-state index in [2.05, 4.69) is 19.2 Å². The molecule has 5 atom stereocenters. The SMILES string of the molecule is CCCNC(C1CCOC2(CCOC2)C1)C1CC1C. The largest absolute Gasteiger partial charge is 0.378 e. The van der Waals surface area contributed by atoms with Gasteiger partial charge in [0.15, 0.2) is 0 Å². The minimum absolute atomic E-state index is 0.0627. The number of nitrogens with one attached hydrogen (secondary N) is 1. The van der Waals surface area contributed by atoms with E-state index in [0.717, 1.165) is 56.6 Å². The molecule has 5 unspecified atom stereocenters. The van der Waals surface area contributed by atoms with Gasteiger partial charge in [0.25, 0.3) is 0 Å². The molecule has 2 saturated heterocycles. The van der Waals surface area contributed by atoms with Crippen molar-refractivity contribution in [3.05, 3.63) is 0 Å². The molecule has 1 saturated carbocycles. The third kappa shape index (κ3) is 2.98. The zero-order valence-corrected chi connectivity index (χ0v) is 12.5. The Morgan fingerprint density at radius 1 is 1.37 bits per heavy atom. The van der Waals surface area contributed by atoms with Crippen LogP contribution in [-0.2, 0) is 9.47 Å². The highest BCUT2D eigenvalue weighted by Gasteiger charge is 2.48. The lowest BCUT2D eigenvalue weighted by Gasteiger charge is -2.41. The van der Waals surface area contributed by atoms with Crippen molar-refractivity contribution in [3.8, 4) is 0 Å². The zero-order chi connectivity index (χ0) is 13.3. The summed E-state index contributed by atoms with van der Waals surface area (Å²) < 4.78 is 11.7. The van der Waals surface area contributed by atoms with Crippen LogP contribution >= 0.6 is 0 Å². The van der Waals surface area contributed by atoms with Gasteiger partial charge in [0.2, 0.25) is 0 Å². The van der Waals surface area contributed by atoms with Gasteiger partial charge in [-0.3, -0.25) is 0 Å². The molecule has 3 rings (SSSR count). The van der Waals surface area contributed by atoms with E-state index in [1.54, 1.807) is 0 Å². The first kappa shape index (κ1) is 13.8. The summed E-state index contributed by atoms with van der Waals surface area (Å²) in [6, 6.07) is 0.719. The fourth-order valence-electron chi connectivity index (χ4n) is 4.07. The van der Waals surface area contributed by atoms with E-state index in [9.17, 15) is 0 Å². The molecule has 2 aliphatic heterocycles. The first-order valence-corrected chi connectivity index (χ1v) is 8.19. The summed E-state index contributed by atoms with van der Waals surface area (Å²) in [5.74, 6) is 2.62. The molecule has 3 aliphatic rings. The summed E-state index contributed by atoms with van der Waals surface area (Å²) in [5.41, 5.74) is 0.0627. The molecule has 0 aromatic carbocycles. The number of ether oxygens (including phenoxy) is 2. The smallest absolute Gasteiger partial charge is 0.0939 e. The fraction of sp³-hybridized carbons (Fsp3) is 1.00. The van der Waals surface area contributed by atoms with Gasteiger partial charge in [-0.2, -0.15) is 0 Å². The van der Waals surface area contributed by atoms with Gasteiger partial charge in [-0.25, -0.2) is 0 Å². The Morgan fingerprint density at radius 3 is 2.84 bits per heavy atom. The second kappa shape index (κ2) is 5.71.